The Morgan fingerprint density at radius 3 is 2.62 bits per heavy atom. The fraction of sp³-hybridized carbons (Fsp3) is 0. The van der Waals surface area contributed by atoms with E-state index in [1.54, 1.807) is 29.2 Å². The molecule has 3 rings (SSSR count). The van der Waals surface area contributed by atoms with E-state index < -0.39 is 5.97 Å². The summed E-state index contributed by atoms with van der Waals surface area (Å²) >= 11 is 3.38. The number of benzene rings is 1. The number of pyridine rings is 1. The van der Waals surface area contributed by atoms with Crippen molar-refractivity contribution in [3.05, 3.63) is 65.0 Å². The van der Waals surface area contributed by atoms with Crippen molar-refractivity contribution in [1.82, 2.24) is 14.8 Å². The number of hydrogen-bond donors (Lipinski definition) is 1. The Balaban J connectivity index is 2.16. The largest absolute Gasteiger partial charge is 0.478 e. The quantitative estimate of drug-likeness (QED) is 0.791. The first-order valence-corrected chi connectivity index (χ1v) is 6.94. The van der Waals surface area contributed by atoms with Gasteiger partial charge in [-0.25, -0.2) is 9.48 Å². The van der Waals surface area contributed by atoms with Crippen LogP contribution < -0.4 is 0 Å². The van der Waals surface area contributed by atoms with Gasteiger partial charge < -0.3 is 5.11 Å². The fourth-order valence-corrected chi connectivity index (χ4v) is 2.41. The fourth-order valence-electron chi connectivity index (χ4n) is 2.01. The highest BCUT2D eigenvalue weighted by atomic mass is 79.9. The maximum atomic E-state index is 11.4. The molecule has 6 heteroatoms. The molecule has 0 unspecified atom stereocenters. The van der Waals surface area contributed by atoms with E-state index in [1.807, 2.05) is 24.3 Å². The van der Waals surface area contributed by atoms with Crippen LogP contribution in [0.3, 0.4) is 0 Å². The predicted octanol–water partition coefficient (Wildman–Crippen LogP) is 3.40. The number of aromatic carboxylic acids is 1. The second-order valence-electron chi connectivity index (χ2n) is 4.36. The van der Waals surface area contributed by atoms with Crippen LogP contribution in [0.5, 0.6) is 0 Å². The van der Waals surface area contributed by atoms with E-state index in [4.69, 9.17) is 0 Å². The zero-order valence-corrected chi connectivity index (χ0v) is 12.4. The minimum absolute atomic E-state index is 0.157. The Kier molecular flexibility index (Phi) is 3.53. The molecule has 2 heterocycles. The minimum atomic E-state index is -1.01. The van der Waals surface area contributed by atoms with Gasteiger partial charge in [-0.15, -0.1) is 0 Å². The van der Waals surface area contributed by atoms with Gasteiger partial charge in [-0.3, -0.25) is 4.98 Å². The van der Waals surface area contributed by atoms with Crippen molar-refractivity contribution in [3.63, 3.8) is 0 Å². The monoisotopic (exact) mass is 343 g/mol. The standard InChI is InChI=1S/C15H10BrN3O2/c16-11-3-1-2-10(8-11)14-13(15(20)21)9-19(18-14)12-4-6-17-7-5-12/h1-9H,(H,20,21). The van der Waals surface area contributed by atoms with Crippen LogP contribution >= 0.6 is 15.9 Å². The van der Waals surface area contributed by atoms with Gasteiger partial charge >= 0.3 is 5.97 Å². The van der Waals surface area contributed by atoms with Crippen molar-refractivity contribution in [3.8, 4) is 16.9 Å². The SMILES string of the molecule is O=C(O)c1cn(-c2ccncc2)nc1-c1cccc(Br)c1. The average molecular weight is 344 g/mol. The lowest BCUT2D eigenvalue weighted by Gasteiger charge is -2.00. The molecule has 3 aromatic rings. The second-order valence-corrected chi connectivity index (χ2v) is 5.27. The van der Waals surface area contributed by atoms with Crippen LogP contribution in [-0.2, 0) is 0 Å². The number of carboxylic acid groups (broad SMARTS) is 1. The molecule has 0 saturated carbocycles. The van der Waals surface area contributed by atoms with Crippen molar-refractivity contribution < 1.29 is 9.90 Å². The maximum Gasteiger partial charge on any atom is 0.339 e. The molecule has 104 valence electrons. The molecule has 2 aromatic heterocycles. The first-order chi connectivity index (χ1) is 10.1. The molecule has 21 heavy (non-hydrogen) atoms. The molecule has 1 aromatic carbocycles. The molecule has 0 aliphatic heterocycles. The van der Waals surface area contributed by atoms with Gasteiger partial charge in [0.15, 0.2) is 0 Å². The summed E-state index contributed by atoms with van der Waals surface area (Å²) in [4.78, 5) is 15.4. The summed E-state index contributed by atoms with van der Waals surface area (Å²) in [7, 11) is 0. The van der Waals surface area contributed by atoms with E-state index in [9.17, 15) is 9.90 Å². The van der Waals surface area contributed by atoms with Crippen molar-refractivity contribution in [1.29, 1.82) is 0 Å². The zero-order chi connectivity index (χ0) is 14.8. The zero-order valence-electron chi connectivity index (χ0n) is 10.8. The smallest absolute Gasteiger partial charge is 0.339 e. The molecule has 0 atom stereocenters. The number of carbonyl (C=O) groups is 1. The molecule has 0 saturated heterocycles. The van der Waals surface area contributed by atoms with Gasteiger partial charge in [0, 0.05) is 28.6 Å². The topological polar surface area (TPSA) is 68.0 Å². The summed E-state index contributed by atoms with van der Waals surface area (Å²) in [6.07, 6.45) is 4.78. The van der Waals surface area contributed by atoms with E-state index in [1.165, 1.54) is 6.20 Å². The van der Waals surface area contributed by atoms with Crippen LogP contribution in [0.25, 0.3) is 16.9 Å². The van der Waals surface area contributed by atoms with E-state index in [2.05, 4.69) is 26.0 Å². The van der Waals surface area contributed by atoms with Gasteiger partial charge in [0.25, 0.3) is 0 Å². The Labute approximate surface area is 129 Å². The van der Waals surface area contributed by atoms with Crippen LogP contribution in [0.2, 0.25) is 0 Å². The number of hydrogen-bond acceptors (Lipinski definition) is 3. The summed E-state index contributed by atoms with van der Waals surface area (Å²) in [5.74, 6) is -1.01. The van der Waals surface area contributed by atoms with Gasteiger partial charge in [0.1, 0.15) is 11.3 Å². The third-order valence-electron chi connectivity index (χ3n) is 2.97. The van der Waals surface area contributed by atoms with Crippen molar-refractivity contribution >= 4 is 21.9 Å². The molecule has 0 aliphatic rings. The first-order valence-electron chi connectivity index (χ1n) is 6.14. The molecular formula is C15H10BrN3O2. The van der Waals surface area contributed by atoms with Gasteiger partial charge in [0.05, 0.1) is 5.69 Å². The number of halogens is 1. The molecule has 1 N–H and O–H groups in total. The molecular weight excluding hydrogens is 334 g/mol. The van der Waals surface area contributed by atoms with E-state index in [0.29, 0.717) is 5.69 Å². The van der Waals surface area contributed by atoms with Crippen molar-refractivity contribution in [2.45, 2.75) is 0 Å². The lowest BCUT2D eigenvalue weighted by molar-refractivity contribution is 0.0697. The summed E-state index contributed by atoms with van der Waals surface area (Å²) in [5, 5.41) is 13.8. The highest BCUT2D eigenvalue weighted by Gasteiger charge is 2.17. The lowest BCUT2D eigenvalue weighted by Crippen LogP contribution is -1.96. The highest BCUT2D eigenvalue weighted by Crippen LogP contribution is 2.26. The molecule has 0 amide bonds. The van der Waals surface area contributed by atoms with E-state index in [-0.39, 0.29) is 5.56 Å². The molecule has 5 nitrogen and oxygen atoms in total. The summed E-state index contributed by atoms with van der Waals surface area (Å²) in [6, 6.07) is 10.9. The summed E-state index contributed by atoms with van der Waals surface area (Å²) in [5.41, 5.74) is 2.09. The van der Waals surface area contributed by atoms with Crippen molar-refractivity contribution in [2.24, 2.45) is 0 Å². The first kappa shape index (κ1) is 13.5. The highest BCUT2D eigenvalue weighted by molar-refractivity contribution is 9.10. The summed E-state index contributed by atoms with van der Waals surface area (Å²) < 4.78 is 2.41. The van der Waals surface area contributed by atoms with Gasteiger partial charge in [-0.1, -0.05) is 28.1 Å². The molecule has 0 fully saturated rings. The number of rotatable bonds is 3. The number of carboxylic acids is 1. The second kappa shape index (κ2) is 5.49. The van der Waals surface area contributed by atoms with Gasteiger partial charge in [0.2, 0.25) is 0 Å². The van der Waals surface area contributed by atoms with Gasteiger partial charge in [-0.2, -0.15) is 5.10 Å². The third-order valence-corrected chi connectivity index (χ3v) is 3.46. The van der Waals surface area contributed by atoms with Crippen LogP contribution in [0.15, 0.2) is 59.5 Å². The van der Waals surface area contributed by atoms with Crippen LogP contribution in [0.1, 0.15) is 10.4 Å². The molecule has 0 bridgehead atoms. The molecule has 0 spiro atoms. The Morgan fingerprint density at radius 1 is 1.19 bits per heavy atom. The van der Waals surface area contributed by atoms with Crippen LogP contribution in [-0.4, -0.2) is 25.8 Å². The Morgan fingerprint density at radius 2 is 1.95 bits per heavy atom. The van der Waals surface area contributed by atoms with E-state index in [0.717, 1.165) is 15.7 Å². The van der Waals surface area contributed by atoms with Crippen LogP contribution in [0.4, 0.5) is 0 Å². The third kappa shape index (κ3) is 2.71. The number of aromatic nitrogens is 3. The van der Waals surface area contributed by atoms with Crippen LogP contribution in [0, 0.1) is 0 Å². The molecule has 0 radical (unpaired) electrons. The minimum Gasteiger partial charge on any atom is -0.478 e. The normalized spacial score (nSPS) is 10.5. The molecule has 0 aliphatic carbocycles. The number of nitrogens with zero attached hydrogens (tertiary/aromatic N) is 3. The predicted molar refractivity (Wildman–Crippen MR) is 81.5 cm³/mol. The van der Waals surface area contributed by atoms with Gasteiger partial charge in [-0.05, 0) is 24.3 Å². The summed E-state index contributed by atoms with van der Waals surface area (Å²) in [6.45, 7) is 0. The maximum absolute atomic E-state index is 11.4. The average Bonchev–Trinajstić information content (AvgIpc) is 2.93. The Hall–Kier alpha value is -2.47. The van der Waals surface area contributed by atoms with E-state index >= 15 is 0 Å². The Bertz CT molecular complexity index is 800. The lowest BCUT2D eigenvalue weighted by atomic mass is 10.1. The van der Waals surface area contributed by atoms with Crippen molar-refractivity contribution in [2.75, 3.05) is 0 Å².